The summed E-state index contributed by atoms with van der Waals surface area (Å²) in [5.74, 6) is 1.33. The molecule has 1 aliphatic heterocycles. The van der Waals surface area contributed by atoms with Crippen LogP contribution >= 0.6 is 0 Å². The summed E-state index contributed by atoms with van der Waals surface area (Å²) in [5.41, 5.74) is 2.00. The van der Waals surface area contributed by atoms with Crippen molar-refractivity contribution in [3.05, 3.63) is 66.5 Å². The van der Waals surface area contributed by atoms with E-state index in [9.17, 15) is 13.2 Å². The van der Waals surface area contributed by atoms with Crippen LogP contribution in [0.5, 0.6) is 11.6 Å². The molecule has 2 N–H and O–H groups in total. The number of anilines is 2. The van der Waals surface area contributed by atoms with Gasteiger partial charge in [0.25, 0.3) is 0 Å². The molecule has 1 amide bonds. The summed E-state index contributed by atoms with van der Waals surface area (Å²) in [4.78, 5) is 28.1. The molecule has 2 aromatic heterocycles. The summed E-state index contributed by atoms with van der Waals surface area (Å²) in [6.45, 7) is 10.7. The number of amides is 1. The number of nitrogens with one attached hydrogen (secondary N) is 2. The molecule has 0 spiro atoms. The van der Waals surface area contributed by atoms with E-state index in [-0.39, 0.29) is 12.1 Å². The third-order valence-electron chi connectivity index (χ3n) is 7.61. The van der Waals surface area contributed by atoms with Crippen LogP contribution in [0.4, 0.5) is 16.4 Å². The minimum absolute atomic E-state index is 0.0387. The zero-order chi connectivity index (χ0) is 33.1. The lowest BCUT2D eigenvalue weighted by Gasteiger charge is -2.34. The van der Waals surface area contributed by atoms with Gasteiger partial charge < -0.3 is 19.7 Å². The predicted molar refractivity (Wildman–Crippen MR) is 179 cm³/mol. The maximum absolute atomic E-state index is 12.8. The number of pyridine rings is 1. The molecule has 0 unspecified atom stereocenters. The summed E-state index contributed by atoms with van der Waals surface area (Å²) in [5, 5.41) is 4.81. The van der Waals surface area contributed by atoms with E-state index >= 15 is 0 Å². The highest BCUT2D eigenvalue weighted by molar-refractivity contribution is 7.90. The van der Waals surface area contributed by atoms with Crippen LogP contribution in [0.3, 0.4) is 0 Å². The number of piperidine rings is 1. The van der Waals surface area contributed by atoms with Crippen LogP contribution in [0.1, 0.15) is 46.1 Å². The van der Waals surface area contributed by atoms with Gasteiger partial charge in [-0.05, 0) is 70.4 Å². The third kappa shape index (κ3) is 7.65. The first-order chi connectivity index (χ1) is 21.8. The van der Waals surface area contributed by atoms with Crippen LogP contribution in [-0.4, -0.2) is 77.0 Å². The van der Waals surface area contributed by atoms with Crippen molar-refractivity contribution in [3.63, 3.8) is 0 Å². The average molecular weight is 648 g/mol. The van der Waals surface area contributed by atoms with Gasteiger partial charge in [0.05, 0.1) is 16.9 Å². The number of aryl methyl sites for hydroxylation is 1. The Kier molecular flexibility index (Phi) is 9.63. The lowest BCUT2D eigenvalue weighted by Crippen LogP contribution is -2.47. The standard InChI is InChI=1S/C33H41N7O5S/c1-7-39(6)46(42,43)38-28-14-8-12-25-24(28)16-15-22(2)29(25)44-30-26(13-9-18-34-30)27-17-19-35-31(37-27)36-23-11-10-20-40(21-23)32(41)45-33(3,4)5/h8-9,12-19,23,38H,7,10-11,20-21H2,1-6H3,(H,35,36,37)/t23-/m0/s1. The van der Waals surface area contributed by atoms with E-state index < -0.39 is 15.8 Å². The number of likely N-dealkylation sites (tertiary alicyclic amines) is 1. The van der Waals surface area contributed by atoms with Crippen molar-refractivity contribution in [2.75, 3.05) is 36.7 Å². The van der Waals surface area contributed by atoms with Crippen molar-refractivity contribution in [2.45, 2.75) is 59.1 Å². The smallest absolute Gasteiger partial charge is 0.410 e. The zero-order valence-corrected chi connectivity index (χ0v) is 27.9. The van der Waals surface area contributed by atoms with Crippen LogP contribution in [0.25, 0.3) is 22.0 Å². The van der Waals surface area contributed by atoms with Crippen LogP contribution in [-0.2, 0) is 14.9 Å². The molecule has 12 nitrogen and oxygen atoms in total. The molecular weight excluding hydrogens is 606 g/mol. The van der Waals surface area contributed by atoms with Gasteiger partial charge in [0.2, 0.25) is 11.8 Å². The van der Waals surface area contributed by atoms with Crippen LogP contribution < -0.4 is 14.8 Å². The molecule has 0 saturated carbocycles. The second kappa shape index (κ2) is 13.5. The van der Waals surface area contributed by atoms with Crippen molar-refractivity contribution >= 4 is 38.7 Å². The molecule has 13 heteroatoms. The minimum Gasteiger partial charge on any atom is -0.444 e. The van der Waals surface area contributed by atoms with E-state index in [0.717, 1.165) is 23.8 Å². The molecule has 2 aromatic carbocycles. The molecule has 1 atom stereocenters. The van der Waals surface area contributed by atoms with Crippen molar-refractivity contribution < 1.29 is 22.7 Å². The maximum atomic E-state index is 12.8. The number of ether oxygens (including phenoxy) is 2. The highest BCUT2D eigenvalue weighted by Gasteiger charge is 2.28. The number of hydrogen-bond acceptors (Lipinski definition) is 9. The first-order valence-corrected chi connectivity index (χ1v) is 16.8. The van der Waals surface area contributed by atoms with Gasteiger partial charge in [0.15, 0.2) is 0 Å². The van der Waals surface area contributed by atoms with Crippen molar-refractivity contribution in [1.29, 1.82) is 0 Å². The second-order valence-corrected chi connectivity index (χ2v) is 14.0. The van der Waals surface area contributed by atoms with E-state index in [2.05, 4.69) is 20.0 Å². The van der Waals surface area contributed by atoms with Gasteiger partial charge in [0.1, 0.15) is 11.4 Å². The largest absolute Gasteiger partial charge is 0.444 e. The molecule has 4 aromatic rings. The van der Waals surface area contributed by atoms with Gasteiger partial charge in [0, 0.05) is 55.9 Å². The van der Waals surface area contributed by atoms with E-state index in [1.807, 2.05) is 58.0 Å². The number of aromatic nitrogens is 3. The van der Waals surface area contributed by atoms with E-state index in [0.29, 0.717) is 59.5 Å². The Morgan fingerprint density at radius 3 is 2.63 bits per heavy atom. The second-order valence-electron chi connectivity index (χ2n) is 12.3. The Morgan fingerprint density at radius 2 is 1.87 bits per heavy atom. The first-order valence-electron chi connectivity index (χ1n) is 15.3. The minimum atomic E-state index is -3.72. The Labute approximate surface area is 270 Å². The molecule has 1 aliphatic rings. The number of carbonyl (C=O) groups is 1. The molecule has 1 fully saturated rings. The molecule has 3 heterocycles. The van der Waals surface area contributed by atoms with Crippen LogP contribution in [0.2, 0.25) is 0 Å². The molecular formula is C33H41N7O5S. The van der Waals surface area contributed by atoms with Gasteiger partial charge in [-0.2, -0.15) is 12.7 Å². The van der Waals surface area contributed by atoms with Gasteiger partial charge in [-0.3, -0.25) is 4.72 Å². The Balaban J connectivity index is 1.40. The third-order valence-corrected chi connectivity index (χ3v) is 9.17. The Morgan fingerprint density at radius 1 is 1.07 bits per heavy atom. The quantitative estimate of drug-likeness (QED) is 0.217. The number of nitrogens with zero attached hydrogens (tertiary/aromatic N) is 5. The van der Waals surface area contributed by atoms with E-state index in [4.69, 9.17) is 14.5 Å². The summed E-state index contributed by atoms with van der Waals surface area (Å²) < 4.78 is 41.6. The number of carbonyl (C=O) groups excluding carboxylic acids is 1. The lowest BCUT2D eigenvalue weighted by atomic mass is 10.0. The predicted octanol–water partition coefficient (Wildman–Crippen LogP) is 6.21. The highest BCUT2D eigenvalue weighted by Crippen LogP contribution is 2.39. The first kappa shape index (κ1) is 32.9. The molecule has 46 heavy (non-hydrogen) atoms. The number of fused-ring (bicyclic) bond motifs is 1. The molecule has 0 bridgehead atoms. The SMILES string of the molecule is CCN(C)S(=O)(=O)Nc1cccc2c(Oc3ncccc3-c3ccnc(N[C@H]4CCCN(C(=O)OC(C)(C)C)C4)n3)c(C)ccc12. The van der Waals surface area contributed by atoms with E-state index in [1.54, 1.807) is 42.4 Å². The molecule has 5 rings (SSSR count). The molecule has 0 radical (unpaired) electrons. The number of rotatable bonds is 9. The molecule has 1 saturated heterocycles. The Hall–Kier alpha value is -4.49. The zero-order valence-electron chi connectivity index (χ0n) is 27.1. The fraction of sp³-hybridized carbons (Fsp3) is 0.394. The molecule has 244 valence electrons. The lowest BCUT2D eigenvalue weighted by molar-refractivity contribution is 0.0206. The topological polar surface area (TPSA) is 139 Å². The van der Waals surface area contributed by atoms with Gasteiger partial charge >= 0.3 is 16.3 Å². The van der Waals surface area contributed by atoms with Gasteiger partial charge in [-0.1, -0.05) is 31.2 Å². The fourth-order valence-electron chi connectivity index (χ4n) is 5.16. The van der Waals surface area contributed by atoms with Crippen LogP contribution in [0, 0.1) is 6.92 Å². The summed E-state index contributed by atoms with van der Waals surface area (Å²) in [6, 6.07) is 14.6. The summed E-state index contributed by atoms with van der Waals surface area (Å²) in [6.07, 6.45) is 4.69. The Bertz CT molecular complexity index is 1830. The van der Waals surface area contributed by atoms with Crippen molar-refractivity contribution in [2.24, 2.45) is 0 Å². The number of benzene rings is 2. The molecule has 0 aliphatic carbocycles. The summed E-state index contributed by atoms with van der Waals surface area (Å²) >= 11 is 0. The number of hydrogen-bond donors (Lipinski definition) is 2. The van der Waals surface area contributed by atoms with Crippen molar-refractivity contribution in [1.82, 2.24) is 24.2 Å². The van der Waals surface area contributed by atoms with Crippen molar-refractivity contribution in [3.8, 4) is 22.9 Å². The summed E-state index contributed by atoms with van der Waals surface area (Å²) in [7, 11) is -2.20. The average Bonchev–Trinajstić information content (AvgIpc) is 3.01. The fourth-order valence-corrected chi connectivity index (χ4v) is 6.11. The normalized spacial score (nSPS) is 15.5. The van der Waals surface area contributed by atoms with Gasteiger partial charge in [-0.25, -0.2) is 19.7 Å². The maximum Gasteiger partial charge on any atom is 0.410 e. The highest BCUT2D eigenvalue weighted by atomic mass is 32.2. The van der Waals surface area contributed by atoms with Gasteiger partial charge in [-0.15, -0.1) is 0 Å². The van der Waals surface area contributed by atoms with Crippen LogP contribution in [0.15, 0.2) is 60.9 Å². The van der Waals surface area contributed by atoms with E-state index in [1.165, 1.54) is 11.4 Å². The monoisotopic (exact) mass is 647 g/mol.